The molecule has 0 amide bonds. The van der Waals surface area contributed by atoms with E-state index < -0.39 is 5.41 Å². The van der Waals surface area contributed by atoms with Gasteiger partial charge < -0.3 is 0 Å². The highest BCUT2D eigenvalue weighted by atomic mass is 16.1. The number of hydrogen-bond donors (Lipinski definition) is 0. The van der Waals surface area contributed by atoms with Gasteiger partial charge in [-0.3, -0.25) is 4.79 Å². The molecule has 0 aromatic heterocycles. The van der Waals surface area contributed by atoms with Crippen LogP contribution in [0.3, 0.4) is 0 Å². The largest absolute Gasteiger partial charge is 0.298 e. The van der Waals surface area contributed by atoms with Gasteiger partial charge in [0.05, 0.1) is 5.41 Å². The van der Waals surface area contributed by atoms with Gasteiger partial charge in [0.15, 0.2) is 5.78 Å². The van der Waals surface area contributed by atoms with Crippen molar-refractivity contribution in [3.63, 3.8) is 0 Å². The summed E-state index contributed by atoms with van der Waals surface area (Å²) in [5.74, 6) is 0.261. The van der Waals surface area contributed by atoms with Gasteiger partial charge in [-0.2, -0.15) is 0 Å². The van der Waals surface area contributed by atoms with Gasteiger partial charge in [-0.05, 0) is 11.1 Å². The summed E-state index contributed by atoms with van der Waals surface area (Å²) < 4.78 is 0. The monoisotopic (exact) mass is 208 g/mol. The number of carbonyl (C=O) groups is 1. The summed E-state index contributed by atoms with van der Waals surface area (Å²) >= 11 is 0. The lowest BCUT2D eigenvalue weighted by atomic mass is 9.65. The number of Topliss-reactive ketones (excluding diaryl/α,β-unsaturated/α-hetero) is 1. The second-order valence-electron chi connectivity index (χ2n) is 4.18. The number of ketones is 1. The Kier molecular flexibility index (Phi) is 1.93. The fourth-order valence-corrected chi connectivity index (χ4v) is 2.54. The predicted molar refractivity (Wildman–Crippen MR) is 64.8 cm³/mol. The van der Waals surface area contributed by atoms with E-state index in [0.717, 1.165) is 11.1 Å². The third-order valence-electron chi connectivity index (χ3n) is 3.35. The van der Waals surface area contributed by atoms with E-state index in [9.17, 15) is 4.79 Å². The summed E-state index contributed by atoms with van der Waals surface area (Å²) in [6.45, 7) is 0. The quantitative estimate of drug-likeness (QED) is 0.598. The second kappa shape index (κ2) is 3.31. The van der Waals surface area contributed by atoms with Crippen LogP contribution in [-0.4, -0.2) is 5.78 Å². The molecule has 0 aromatic rings. The highest BCUT2D eigenvalue weighted by molar-refractivity contribution is 5.98. The Morgan fingerprint density at radius 3 is 2.50 bits per heavy atom. The molecule has 1 nitrogen and oxygen atoms in total. The first-order valence-electron chi connectivity index (χ1n) is 5.49. The molecule has 0 unspecified atom stereocenters. The summed E-state index contributed by atoms with van der Waals surface area (Å²) in [5.41, 5.74) is 1.63. The number of hydrogen-bond acceptors (Lipinski definition) is 1. The van der Waals surface area contributed by atoms with Gasteiger partial charge in [0.25, 0.3) is 0 Å². The molecule has 0 saturated carbocycles. The van der Waals surface area contributed by atoms with Crippen molar-refractivity contribution in [3.05, 3.63) is 71.9 Å². The summed E-state index contributed by atoms with van der Waals surface area (Å²) in [7, 11) is 0. The Balaban J connectivity index is 2.30. The summed E-state index contributed by atoms with van der Waals surface area (Å²) in [6.07, 6.45) is 20.6. The SMILES string of the molecule is O=C1CC=CC2=CC=CC=C3C=CC=C[C@@]132. The van der Waals surface area contributed by atoms with E-state index in [1.54, 1.807) is 0 Å². The van der Waals surface area contributed by atoms with E-state index in [0.29, 0.717) is 6.42 Å². The Morgan fingerprint density at radius 1 is 0.938 bits per heavy atom. The zero-order valence-corrected chi connectivity index (χ0v) is 8.89. The van der Waals surface area contributed by atoms with Gasteiger partial charge in [-0.15, -0.1) is 0 Å². The third-order valence-corrected chi connectivity index (χ3v) is 3.35. The van der Waals surface area contributed by atoms with E-state index >= 15 is 0 Å². The minimum absolute atomic E-state index is 0.261. The highest BCUT2D eigenvalue weighted by Crippen LogP contribution is 2.45. The minimum atomic E-state index is -0.521. The zero-order chi connectivity index (χ0) is 11.0. The fraction of sp³-hybridized carbons (Fsp3) is 0.133. The molecule has 0 fully saturated rings. The minimum Gasteiger partial charge on any atom is -0.298 e. The van der Waals surface area contributed by atoms with E-state index in [2.05, 4.69) is 6.08 Å². The van der Waals surface area contributed by atoms with Crippen LogP contribution in [0.2, 0.25) is 0 Å². The number of rotatable bonds is 0. The molecule has 0 radical (unpaired) electrons. The van der Waals surface area contributed by atoms with E-state index in [4.69, 9.17) is 0 Å². The van der Waals surface area contributed by atoms with Crippen molar-refractivity contribution in [2.45, 2.75) is 6.42 Å². The van der Waals surface area contributed by atoms with Crippen molar-refractivity contribution in [2.75, 3.05) is 0 Å². The van der Waals surface area contributed by atoms with Crippen LogP contribution in [-0.2, 0) is 4.79 Å². The predicted octanol–water partition coefficient (Wildman–Crippen LogP) is 3.05. The van der Waals surface area contributed by atoms with E-state index in [1.807, 2.05) is 54.7 Å². The van der Waals surface area contributed by atoms with Crippen LogP contribution in [0.4, 0.5) is 0 Å². The van der Waals surface area contributed by atoms with Crippen LogP contribution in [0.25, 0.3) is 0 Å². The average molecular weight is 208 g/mol. The van der Waals surface area contributed by atoms with Crippen molar-refractivity contribution in [2.24, 2.45) is 5.41 Å². The molecule has 16 heavy (non-hydrogen) atoms. The lowest BCUT2D eigenvalue weighted by Crippen LogP contribution is -2.34. The smallest absolute Gasteiger partial charge is 0.155 e. The molecule has 1 atom stereocenters. The van der Waals surface area contributed by atoms with Crippen molar-refractivity contribution in [1.29, 1.82) is 0 Å². The maximum absolute atomic E-state index is 12.3. The Morgan fingerprint density at radius 2 is 1.69 bits per heavy atom. The normalized spacial score (nSPS) is 30.4. The van der Waals surface area contributed by atoms with Gasteiger partial charge in [0.2, 0.25) is 0 Å². The van der Waals surface area contributed by atoms with Crippen LogP contribution in [0.15, 0.2) is 71.9 Å². The topological polar surface area (TPSA) is 17.1 Å². The molecule has 3 aliphatic rings. The molecule has 78 valence electrons. The molecule has 0 N–H and O–H groups in total. The van der Waals surface area contributed by atoms with Crippen LogP contribution >= 0.6 is 0 Å². The summed E-state index contributed by atoms with van der Waals surface area (Å²) in [5, 5.41) is 0. The fourth-order valence-electron chi connectivity index (χ4n) is 2.54. The van der Waals surface area contributed by atoms with Gasteiger partial charge in [0.1, 0.15) is 0 Å². The molecule has 0 heterocycles. The van der Waals surface area contributed by atoms with Crippen LogP contribution in [0, 0.1) is 5.41 Å². The first-order valence-corrected chi connectivity index (χ1v) is 5.49. The van der Waals surface area contributed by atoms with Gasteiger partial charge >= 0.3 is 0 Å². The molecule has 0 aromatic carbocycles. The molecule has 3 rings (SSSR count). The lowest BCUT2D eigenvalue weighted by Gasteiger charge is -2.35. The number of carbonyl (C=O) groups excluding carboxylic acids is 1. The summed E-state index contributed by atoms with van der Waals surface area (Å²) in [4.78, 5) is 12.3. The van der Waals surface area contributed by atoms with Gasteiger partial charge in [-0.1, -0.05) is 60.8 Å². The molecule has 1 spiro atoms. The standard InChI is InChI=1S/C15H12O/c16-14-10-5-9-13-7-2-1-6-12-8-3-4-11-15(12,13)14/h1-9,11H,10H2/t15-/m1/s1. The molecule has 0 bridgehead atoms. The van der Waals surface area contributed by atoms with Crippen molar-refractivity contribution < 1.29 is 4.79 Å². The molecule has 0 aliphatic heterocycles. The highest BCUT2D eigenvalue weighted by Gasteiger charge is 2.42. The molecule has 0 saturated heterocycles. The van der Waals surface area contributed by atoms with Gasteiger partial charge in [-0.25, -0.2) is 0 Å². The van der Waals surface area contributed by atoms with Gasteiger partial charge in [0, 0.05) is 6.42 Å². The van der Waals surface area contributed by atoms with E-state index in [1.165, 1.54) is 0 Å². The second-order valence-corrected chi connectivity index (χ2v) is 4.18. The first kappa shape index (κ1) is 9.34. The third kappa shape index (κ3) is 1.09. The van der Waals surface area contributed by atoms with Crippen LogP contribution < -0.4 is 0 Å². The zero-order valence-electron chi connectivity index (χ0n) is 8.89. The Labute approximate surface area is 94.9 Å². The van der Waals surface area contributed by atoms with Crippen LogP contribution in [0.5, 0.6) is 0 Å². The lowest BCUT2D eigenvalue weighted by molar-refractivity contribution is -0.122. The van der Waals surface area contributed by atoms with Crippen molar-refractivity contribution in [1.82, 2.24) is 0 Å². The molecular weight excluding hydrogens is 196 g/mol. The molecular formula is C15H12O. The molecule has 3 aliphatic carbocycles. The summed E-state index contributed by atoms with van der Waals surface area (Å²) in [6, 6.07) is 0. The average Bonchev–Trinajstić information content (AvgIpc) is 2.50. The Bertz CT molecular complexity index is 524. The molecule has 1 heteroatoms. The van der Waals surface area contributed by atoms with Crippen molar-refractivity contribution >= 4 is 5.78 Å². The van der Waals surface area contributed by atoms with Crippen LogP contribution in [0.1, 0.15) is 6.42 Å². The first-order chi connectivity index (χ1) is 7.84. The van der Waals surface area contributed by atoms with Crippen molar-refractivity contribution in [3.8, 4) is 0 Å². The van der Waals surface area contributed by atoms with E-state index in [-0.39, 0.29) is 5.78 Å². The number of allylic oxidation sites excluding steroid dienone is 12. The maximum Gasteiger partial charge on any atom is 0.155 e. The Hall–Kier alpha value is -1.89. The maximum atomic E-state index is 12.3.